The van der Waals surface area contributed by atoms with Gasteiger partial charge in [0.2, 0.25) is 0 Å². The van der Waals surface area contributed by atoms with Crippen LogP contribution in [-0.2, 0) is 9.53 Å². The molecule has 0 heterocycles. The summed E-state index contributed by atoms with van der Waals surface area (Å²) in [6.45, 7) is 2.13. The number of hydrogen-bond acceptors (Lipinski definition) is 2. The molecule has 2 aliphatic carbocycles. The van der Waals surface area contributed by atoms with E-state index in [1.165, 1.54) is 0 Å². The van der Waals surface area contributed by atoms with Crippen LogP contribution in [-0.4, -0.2) is 12.1 Å². The maximum absolute atomic E-state index is 11.4. The first-order chi connectivity index (χ1) is 5.75. The molecule has 2 aliphatic rings. The summed E-state index contributed by atoms with van der Waals surface area (Å²) < 4.78 is 5.20. The van der Waals surface area contributed by atoms with Gasteiger partial charge in [-0.25, -0.2) is 0 Å². The molecule has 66 valence electrons. The van der Waals surface area contributed by atoms with E-state index >= 15 is 0 Å². The topological polar surface area (TPSA) is 26.3 Å². The third-order valence-corrected chi connectivity index (χ3v) is 2.41. The summed E-state index contributed by atoms with van der Waals surface area (Å²) in [5, 5.41) is 0. The SMILES string of the molecule is C[C@H]1C=C[C@@H](C(=O)OC2CC2)C1. The lowest BCUT2D eigenvalue weighted by Gasteiger charge is -2.08. The molecule has 0 saturated heterocycles. The maximum Gasteiger partial charge on any atom is 0.313 e. The molecule has 2 nitrogen and oxygen atoms in total. The zero-order valence-electron chi connectivity index (χ0n) is 7.32. The van der Waals surface area contributed by atoms with Crippen LogP contribution in [0.2, 0.25) is 0 Å². The third-order valence-electron chi connectivity index (χ3n) is 2.41. The zero-order chi connectivity index (χ0) is 8.55. The van der Waals surface area contributed by atoms with Gasteiger partial charge in [0.1, 0.15) is 6.10 Å². The Hall–Kier alpha value is -0.790. The zero-order valence-corrected chi connectivity index (χ0v) is 7.32. The quantitative estimate of drug-likeness (QED) is 0.462. The van der Waals surface area contributed by atoms with Gasteiger partial charge in [-0.2, -0.15) is 0 Å². The second-order valence-corrected chi connectivity index (χ2v) is 3.84. The van der Waals surface area contributed by atoms with Gasteiger partial charge in [0.05, 0.1) is 5.92 Å². The van der Waals surface area contributed by atoms with E-state index in [-0.39, 0.29) is 18.0 Å². The van der Waals surface area contributed by atoms with E-state index in [9.17, 15) is 4.79 Å². The molecule has 0 aliphatic heterocycles. The smallest absolute Gasteiger partial charge is 0.313 e. The first-order valence-electron chi connectivity index (χ1n) is 4.64. The van der Waals surface area contributed by atoms with Crippen LogP contribution >= 0.6 is 0 Å². The fourth-order valence-corrected chi connectivity index (χ4v) is 1.49. The molecule has 0 aromatic carbocycles. The Balaban J connectivity index is 1.83. The van der Waals surface area contributed by atoms with Crippen molar-refractivity contribution in [2.24, 2.45) is 11.8 Å². The molecule has 0 aromatic rings. The van der Waals surface area contributed by atoms with Crippen LogP contribution in [0.5, 0.6) is 0 Å². The highest BCUT2D eigenvalue weighted by molar-refractivity contribution is 5.75. The van der Waals surface area contributed by atoms with E-state index in [1.54, 1.807) is 0 Å². The first-order valence-corrected chi connectivity index (χ1v) is 4.64. The van der Waals surface area contributed by atoms with Crippen LogP contribution < -0.4 is 0 Å². The average molecular weight is 166 g/mol. The second-order valence-electron chi connectivity index (χ2n) is 3.84. The van der Waals surface area contributed by atoms with Crippen molar-refractivity contribution >= 4 is 5.97 Å². The molecular formula is C10H14O2. The van der Waals surface area contributed by atoms with Crippen LogP contribution in [0.4, 0.5) is 0 Å². The molecular weight excluding hydrogens is 152 g/mol. The predicted molar refractivity (Wildman–Crippen MR) is 45.5 cm³/mol. The van der Waals surface area contributed by atoms with Gasteiger partial charge in [-0.15, -0.1) is 0 Å². The van der Waals surface area contributed by atoms with Gasteiger partial charge in [-0.05, 0) is 25.2 Å². The maximum atomic E-state index is 11.4. The minimum atomic E-state index is -0.0156. The normalized spacial score (nSPS) is 33.8. The monoisotopic (exact) mass is 166 g/mol. The minimum Gasteiger partial charge on any atom is -0.462 e. The number of esters is 1. The van der Waals surface area contributed by atoms with Gasteiger partial charge in [0.25, 0.3) is 0 Å². The Morgan fingerprint density at radius 1 is 1.42 bits per heavy atom. The van der Waals surface area contributed by atoms with E-state index < -0.39 is 0 Å². The summed E-state index contributed by atoms with van der Waals surface area (Å²) in [5.74, 6) is 0.570. The number of carbonyl (C=O) groups is 1. The molecule has 0 spiro atoms. The molecule has 1 saturated carbocycles. The molecule has 0 N–H and O–H groups in total. The molecule has 2 atom stereocenters. The summed E-state index contributed by atoms with van der Waals surface area (Å²) in [4.78, 5) is 11.4. The molecule has 12 heavy (non-hydrogen) atoms. The molecule has 0 amide bonds. The van der Waals surface area contributed by atoms with Gasteiger partial charge >= 0.3 is 5.97 Å². The fraction of sp³-hybridized carbons (Fsp3) is 0.700. The van der Waals surface area contributed by atoms with E-state index in [0.717, 1.165) is 19.3 Å². The first kappa shape index (κ1) is 7.84. The standard InChI is InChI=1S/C10H14O2/c1-7-2-3-8(6-7)10(11)12-9-4-5-9/h2-3,7-9H,4-6H2,1H3/t7-,8+/m0/s1. The molecule has 0 unspecified atom stereocenters. The number of ether oxygens (including phenoxy) is 1. The van der Waals surface area contributed by atoms with Gasteiger partial charge in [0, 0.05) is 0 Å². The second kappa shape index (κ2) is 2.92. The lowest BCUT2D eigenvalue weighted by molar-refractivity contribution is -0.148. The summed E-state index contributed by atoms with van der Waals surface area (Å²) >= 11 is 0. The Bertz CT molecular complexity index is 216. The van der Waals surface area contributed by atoms with Gasteiger partial charge < -0.3 is 4.74 Å². The Morgan fingerprint density at radius 3 is 2.67 bits per heavy atom. The van der Waals surface area contributed by atoms with Crippen LogP contribution in [0.3, 0.4) is 0 Å². The third kappa shape index (κ3) is 1.68. The lowest BCUT2D eigenvalue weighted by atomic mass is 10.1. The van der Waals surface area contributed by atoms with E-state index in [1.807, 2.05) is 6.08 Å². The van der Waals surface area contributed by atoms with Crippen molar-refractivity contribution in [1.82, 2.24) is 0 Å². The van der Waals surface area contributed by atoms with Gasteiger partial charge in [0.15, 0.2) is 0 Å². The Labute approximate surface area is 72.6 Å². The van der Waals surface area contributed by atoms with Crippen molar-refractivity contribution in [3.63, 3.8) is 0 Å². The Morgan fingerprint density at radius 2 is 2.17 bits per heavy atom. The van der Waals surface area contributed by atoms with E-state index in [2.05, 4.69) is 13.0 Å². The minimum absolute atomic E-state index is 0.0156. The van der Waals surface area contributed by atoms with Crippen LogP contribution in [0.15, 0.2) is 12.2 Å². The van der Waals surface area contributed by atoms with E-state index in [4.69, 9.17) is 4.74 Å². The Kier molecular flexibility index (Phi) is 1.91. The van der Waals surface area contributed by atoms with Crippen molar-refractivity contribution < 1.29 is 9.53 Å². The fourth-order valence-electron chi connectivity index (χ4n) is 1.49. The van der Waals surface area contributed by atoms with Crippen LogP contribution in [0, 0.1) is 11.8 Å². The summed E-state index contributed by atoms with van der Waals surface area (Å²) in [5.41, 5.74) is 0. The highest BCUT2D eigenvalue weighted by atomic mass is 16.5. The number of carbonyl (C=O) groups excluding carboxylic acids is 1. The van der Waals surface area contributed by atoms with Crippen molar-refractivity contribution in [1.29, 1.82) is 0 Å². The van der Waals surface area contributed by atoms with Crippen LogP contribution in [0.25, 0.3) is 0 Å². The number of rotatable bonds is 2. The molecule has 1 fully saturated rings. The van der Waals surface area contributed by atoms with Crippen LogP contribution in [0.1, 0.15) is 26.2 Å². The molecule has 0 bridgehead atoms. The molecule has 2 rings (SSSR count). The van der Waals surface area contributed by atoms with Crippen molar-refractivity contribution in [2.75, 3.05) is 0 Å². The van der Waals surface area contributed by atoms with Gasteiger partial charge in [-0.1, -0.05) is 19.1 Å². The lowest BCUT2D eigenvalue weighted by Crippen LogP contribution is -2.15. The summed E-state index contributed by atoms with van der Waals surface area (Å²) in [7, 11) is 0. The summed E-state index contributed by atoms with van der Waals surface area (Å²) in [6.07, 6.45) is 7.40. The highest BCUT2D eigenvalue weighted by Gasteiger charge is 2.30. The largest absolute Gasteiger partial charge is 0.462 e. The summed E-state index contributed by atoms with van der Waals surface area (Å²) in [6, 6.07) is 0. The van der Waals surface area contributed by atoms with E-state index in [0.29, 0.717) is 5.92 Å². The average Bonchev–Trinajstić information content (AvgIpc) is 2.72. The van der Waals surface area contributed by atoms with Crippen molar-refractivity contribution in [3.05, 3.63) is 12.2 Å². The number of hydrogen-bond donors (Lipinski definition) is 0. The molecule has 0 radical (unpaired) electrons. The van der Waals surface area contributed by atoms with Gasteiger partial charge in [-0.3, -0.25) is 4.79 Å². The molecule has 2 heteroatoms. The highest BCUT2D eigenvalue weighted by Crippen LogP contribution is 2.29. The predicted octanol–water partition coefficient (Wildman–Crippen LogP) is 1.90. The molecule has 0 aromatic heterocycles. The number of allylic oxidation sites excluding steroid dienone is 1. The van der Waals surface area contributed by atoms with Crippen molar-refractivity contribution in [2.45, 2.75) is 32.3 Å². The van der Waals surface area contributed by atoms with Crippen molar-refractivity contribution in [3.8, 4) is 0 Å².